The summed E-state index contributed by atoms with van der Waals surface area (Å²) in [4.78, 5) is 10.1. The van der Waals surface area contributed by atoms with Gasteiger partial charge >= 0.3 is 0 Å². The highest BCUT2D eigenvalue weighted by molar-refractivity contribution is 5.97. The number of rotatable bonds is 6. The number of benzene rings is 5. The Morgan fingerprint density at radius 2 is 1.31 bits per heavy atom. The molecule has 7 rings (SSSR count). The Kier molecular flexibility index (Phi) is 8.20. The fourth-order valence-electron chi connectivity index (χ4n) is 6.62. The Bertz CT molecular complexity index is 2260. The lowest BCUT2D eigenvalue weighted by atomic mass is 9.83. The molecule has 2 heterocycles. The van der Waals surface area contributed by atoms with Crippen LogP contribution in [0.25, 0.3) is 50.5 Å². The third kappa shape index (κ3) is 6.39. The number of imidazole rings is 1. The van der Waals surface area contributed by atoms with Crippen molar-refractivity contribution in [3.8, 4) is 45.2 Å². The van der Waals surface area contributed by atoms with Crippen LogP contribution < -0.4 is 0 Å². The Hall–Kier alpha value is -5.48. The smallest absolute Gasteiger partial charge is 0.149 e. The largest absolute Gasteiger partial charge is 0.507 e. The van der Waals surface area contributed by atoms with Gasteiger partial charge in [0, 0.05) is 28.6 Å². The van der Waals surface area contributed by atoms with E-state index in [1.54, 1.807) is 0 Å². The number of aromatic hydroxyl groups is 1. The topological polar surface area (TPSA) is 50.9 Å². The number of phenolic OH excluding ortho intramolecular Hbond substituents is 1. The fraction of sp³-hybridized carbons (Fsp3) is 0.200. The molecule has 0 spiro atoms. The van der Waals surface area contributed by atoms with E-state index in [2.05, 4.69) is 137 Å². The first-order chi connectivity index (χ1) is 23.5. The molecule has 5 aromatic carbocycles. The molecule has 0 unspecified atom stereocenters. The molecular formula is C45H43N3O. The average molecular weight is 642 g/mol. The van der Waals surface area contributed by atoms with Gasteiger partial charge in [-0.15, -0.1) is 0 Å². The minimum atomic E-state index is -0.282. The van der Waals surface area contributed by atoms with Crippen LogP contribution in [0.15, 0.2) is 134 Å². The summed E-state index contributed by atoms with van der Waals surface area (Å²) < 4.78 is 2.19. The first kappa shape index (κ1) is 32.1. The van der Waals surface area contributed by atoms with Crippen molar-refractivity contribution in [1.29, 1.82) is 0 Å². The summed E-state index contributed by atoms with van der Waals surface area (Å²) in [5.74, 6) is 0.981. The molecule has 4 heteroatoms. The van der Waals surface area contributed by atoms with Gasteiger partial charge in [-0.2, -0.15) is 0 Å². The SMILES string of the molecule is CC(C)(C)c1cc(-c2ccccn2)cc(-c2cccc3c2nc(-c2cc(Cc4ccccc4)cc(C(C)(C)C)c2O)n3-c2ccccc2)c1. The van der Waals surface area contributed by atoms with Crippen LogP contribution in [0.4, 0.5) is 0 Å². The predicted octanol–water partition coefficient (Wildman–Crippen LogP) is 11.3. The van der Waals surface area contributed by atoms with Gasteiger partial charge in [-0.3, -0.25) is 9.55 Å². The van der Waals surface area contributed by atoms with Crippen LogP contribution in [-0.4, -0.2) is 19.6 Å². The Labute approximate surface area is 289 Å². The molecule has 0 aliphatic carbocycles. The second-order valence-electron chi connectivity index (χ2n) is 15.0. The van der Waals surface area contributed by atoms with E-state index >= 15 is 0 Å². The van der Waals surface area contributed by atoms with Crippen LogP contribution in [0.1, 0.15) is 63.8 Å². The summed E-state index contributed by atoms with van der Waals surface area (Å²) >= 11 is 0. The molecule has 0 saturated carbocycles. The Morgan fingerprint density at radius 3 is 1.98 bits per heavy atom. The van der Waals surface area contributed by atoms with Crippen molar-refractivity contribution in [3.05, 3.63) is 156 Å². The van der Waals surface area contributed by atoms with Gasteiger partial charge in [0.25, 0.3) is 0 Å². The van der Waals surface area contributed by atoms with Crippen molar-refractivity contribution in [1.82, 2.24) is 14.5 Å². The molecule has 0 aliphatic rings. The van der Waals surface area contributed by atoms with E-state index < -0.39 is 0 Å². The first-order valence-corrected chi connectivity index (χ1v) is 17.0. The maximum absolute atomic E-state index is 12.1. The van der Waals surface area contributed by atoms with Gasteiger partial charge in [0.1, 0.15) is 11.6 Å². The molecule has 0 atom stereocenters. The van der Waals surface area contributed by atoms with Crippen LogP contribution >= 0.6 is 0 Å². The van der Waals surface area contributed by atoms with E-state index in [9.17, 15) is 5.11 Å². The van der Waals surface area contributed by atoms with Crippen LogP contribution in [-0.2, 0) is 17.3 Å². The number of phenols is 1. The molecule has 49 heavy (non-hydrogen) atoms. The summed E-state index contributed by atoms with van der Waals surface area (Å²) in [6.45, 7) is 13.2. The zero-order valence-electron chi connectivity index (χ0n) is 29.2. The molecule has 4 nitrogen and oxygen atoms in total. The number of fused-ring (bicyclic) bond motifs is 1. The zero-order valence-corrected chi connectivity index (χ0v) is 29.2. The van der Waals surface area contributed by atoms with E-state index in [0.29, 0.717) is 5.82 Å². The number of hydrogen-bond donors (Lipinski definition) is 1. The molecule has 2 aromatic heterocycles. The molecule has 0 saturated heterocycles. The normalized spacial score (nSPS) is 12.0. The average Bonchev–Trinajstić information content (AvgIpc) is 3.49. The van der Waals surface area contributed by atoms with Crippen molar-refractivity contribution in [2.75, 3.05) is 0 Å². The number of hydrogen-bond acceptors (Lipinski definition) is 3. The van der Waals surface area contributed by atoms with Crippen molar-refractivity contribution >= 4 is 11.0 Å². The Morgan fingerprint density at radius 1 is 0.612 bits per heavy atom. The maximum atomic E-state index is 12.1. The van der Waals surface area contributed by atoms with Gasteiger partial charge < -0.3 is 5.11 Å². The van der Waals surface area contributed by atoms with Crippen LogP contribution in [0.3, 0.4) is 0 Å². The predicted molar refractivity (Wildman–Crippen MR) is 203 cm³/mol. The molecule has 0 radical (unpaired) electrons. The van der Waals surface area contributed by atoms with Gasteiger partial charge in [0.15, 0.2) is 0 Å². The molecule has 7 aromatic rings. The molecule has 0 aliphatic heterocycles. The summed E-state index contributed by atoms with van der Waals surface area (Å²) in [5, 5.41) is 12.1. The van der Waals surface area contributed by atoms with Crippen LogP contribution in [0.5, 0.6) is 5.75 Å². The van der Waals surface area contributed by atoms with E-state index in [4.69, 9.17) is 9.97 Å². The van der Waals surface area contributed by atoms with Crippen LogP contribution in [0.2, 0.25) is 0 Å². The van der Waals surface area contributed by atoms with Crippen molar-refractivity contribution < 1.29 is 5.11 Å². The lowest BCUT2D eigenvalue weighted by Crippen LogP contribution is -2.13. The number of para-hydroxylation sites is 2. The third-order valence-corrected chi connectivity index (χ3v) is 9.24. The third-order valence-electron chi connectivity index (χ3n) is 9.24. The van der Waals surface area contributed by atoms with Gasteiger partial charge in [-0.05, 0) is 88.0 Å². The molecule has 244 valence electrons. The Balaban J connectivity index is 1.51. The number of nitrogens with zero attached hydrogens (tertiary/aromatic N) is 3. The van der Waals surface area contributed by atoms with Gasteiger partial charge in [0.2, 0.25) is 0 Å². The van der Waals surface area contributed by atoms with Gasteiger partial charge in [0.05, 0.1) is 22.3 Å². The van der Waals surface area contributed by atoms with E-state index in [0.717, 1.165) is 62.2 Å². The van der Waals surface area contributed by atoms with Gasteiger partial charge in [-0.1, -0.05) is 120 Å². The summed E-state index contributed by atoms with van der Waals surface area (Å²) in [6.07, 6.45) is 2.60. The van der Waals surface area contributed by atoms with Gasteiger partial charge in [-0.25, -0.2) is 4.98 Å². The van der Waals surface area contributed by atoms with Crippen LogP contribution in [0, 0.1) is 0 Å². The van der Waals surface area contributed by atoms with E-state index in [1.165, 1.54) is 11.1 Å². The summed E-state index contributed by atoms with van der Waals surface area (Å²) in [5.41, 5.74) is 11.8. The highest BCUT2D eigenvalue weighted by Gasteiger charge is 2.26. The van der Waals surface area contributed by atoms with E-state index in [1.807, 2.05) is 42.6 Å². The van der Waals surface area contributed by atoms with Crippen molar-refractivity contribution in [2.24, 2.45) is 0 Å². The van der Waals surface area contributed by atoms with E-state index in [-0.39, 0.29) is 16.6 Å². The standard InChI is InChI=1S/C45H43N3O/c1-44(2,3)34-28-32(27-33(29-34)39-21-13-14-23-46-39)36-20-15-22-40-41(36)47-43(48(40)35-18-11-8-12-19-35)37-25-31(24-30-16-9-7-10-17-30)26-38(42(37)49)45(4,5)6/h7-23,25-29,49H,24H2,1-6H3. The van der Waals surface area contributed by atoms with Crippen molar-refractivity contribution in [2.45, 2.75) is 58.8 Å². The summed E-state index contributed by atoms with van der Waals surface area (Å²) in [7, 11) is 0. The lowest BCUT2D eigenvalue weighted by Gasteiger charge is -2.24. The number of pyridine rings is 1. The highest BCUT2D eigenvalue weighted by atomic mass is 16.3. The maximum Gasteiger partial charge on any atom is 0.149 e. The van der Waals surface area contributed by atoms with Crippen molar-refractivity contribution in [3.63, 3.8) is 0 Å². The summed E-state index contributed by atoms with van der Waals surface area (Å²) in [6, 6.07) is 44.3. The highest BCUT2D eigenvalue weighted by Crippen LogP contribution is 2.43. The second-order valence-corrected chi connectivity index (χ2v) is 15.0. The quantitative estimate of drug-likeness (QED) is 0.197. The molecule has 0 amide bonds. The molecule has 1 N–H and O–H groups in total. The fourth-order valence-corrected chi connectivity index (χ4v) is 6.62. The monoisotopic (exact) mass is 641 g/mol. The minimum Gasteiger partial charge on any atom is -0.507 e. The molecular weight excluding hydrogens is 599 g/mol. The minimum absolute atomic E-state index is 0.0731. The molecule has 0 fully saturated rings. The zero-order chi connectivity index (χ0) is 34.3. The number of aromatic nitrogens is 3. The first-order valence-electron chi connectivity index (χ1n) is 17.0. The second kappa shape index (κ2) is 12.5. The molecule has 0 bridgehead atoms. The lowest BCUT2D eigenvalue weighted by molar-refractivity contribution is 0.448.